The first-order valence-corrected chi connectivity index (χ1v) is 5.35. The van der Waals surface area contributed by atoms with Crippen molar-refractivity contribution in [2.45, 2.75) is 0 Å². The molecule has 0 aromatic carbocycles. The molecule has 1 amide bonds. The van der Waals surface area contributed by atoms with Gasteiger partial charge >= 0.3 is 5.97 Å². The van der Waals surface area contributed by atoms with E-state index >= 15 is 0 Å². The lowest BCUT2D eigenvalue weighted by atomic mass is 10.3. The van der Waals surface area contributed by atoms with E-state index in [0.29, 0.717) is 10.9 Å². The number of amides is 1. The van der Waals surface area contributed by atoms with Gasteiger partial charge in [0.15, 0.2) is 5.84 Å². The monoisotopic (exact) mass is 275 g/mol. The predicted molar refractivity (Wildman–Crippen MR) is 61.4 cm³/mol. The minimum Gasteiger partial charge on any atom is -0.480 e. The van der Waals surface area contributed by atoms with E-state index in [9.17, 15) is 9.59 Å². The Balaban J connectivity index is 2.31. The Labute approximate surface area is 106 Å². The van der Waals surface area contributed by atoms with Gasteiger partial charge in [0, 0.05) is 6.20 Å². The summed E-state index contributed by atoms with van der Waals surface area (Å²) in [5, 5.41) is 14.0. The van der Waals surface area contributed by atoms with Crippen LogP contribution in [0.25, 0.3) is 0 Å². The molecule has 0 fully saturated rings. The van der Waals surface area contributed by atoms with Crippen LogP contribution in [0.2, 0.25) is 0 Å². The average molecular weight is 276 g/mol. The fourth-order valence-corrected chi connectivity index (χ4v) is 1.99. The summed E-state index contributed by atoms with van der Waals surface area (Å²) in [6.07, 6.45) is 3.00. The van der Waals surface area contributed by atoms with E-state index in [4.69, 9.17) is 28.3 Å². The third kappa shape index (κ3) is 2.42. The molecule has 0 radical (unpaired) electrons. The summed E-state index contributed by atoms with van der Waals surface area (Å²) in [5.74, 6) is -1.25. The Morgan fingerprint density at radius 2 is 2.24 bits per heavy atom. The molecule has 0 atom stereocenters. The number of nitrogens with zero attached hydrogens (tertiary/aromatic N) is 3. The fraction of sp³-hybridized carbons (Fsp3) is 0.222. The van der Waals surface area contributed by atoms with Gasteiger partial charge < -0.3 is 10.0 Å². The van der Waals surface area contributed by atoms with Crippen molar-refractivity contribution in [3.05, 3.63) is 22.3 Å². The number of hydrogen-bond donors (Lipinski definition) is 1. The Morgan fingerprint density at radius 1 is 1.53 bits per heavy atom. The first kappa shape index (κ1) is 11.9. The molecule has 2 aliphatic rings. The highest BCUT2D eigenvalue weighted by molar-refractivity contribution is 6.45. The molecule has 0 saturated heterocycles. The molecule has 6 nitrogen and oxygen atoms in total. The minimum absolute atomic E-state index is 0.0353. The lowest BCUT2D eigenvalue weighted by Gasteiger charge is -2.31. The molecule has 2 rings (SSSR count). The van der Waals surface area contributed by atoms with Crippen molar-refractivity contribution >= 4 is 40.9 Å². The molecule has 90 valence electrons. The van der Waals surface area contributed by atoms with Crippen LogP contribution in [0, 0.1) is 0 Å². The highest BCUT2D eigenvalue weighted by atomic mass is 35.5. The van der Waals surface area contributed by atoms with E-state index in [2.05, 4.69) is 5.10 Å². The molecule has 2 aliphatic heterocycles. The quantitative estimate of drug-likeness (QED) is 0.807. The molecule has 1 N–H and O–H groups in total. The number of carboxylic acids is 1. The SMILES string of the molecule is O=C(O)CN1N=C2C(Cl)=CC(Cl)=CN2CC1=O. The molecular weight excluding hydrogens is 269 g/mol. The Hall–Kier alpha value is -1.53. The third-order valence-electron chi connectivity index (χ3n) is 2.12. The van der Waals surface area contributed by atoms with Crippen LogP contribution in [0.15, 0.2) is 27.4 Å². The fourth-order valence-electron chi connectivity index (χ4n) is 1.44. The number of amidine groups is 1. The van der Waals surface area contributed by atoms with E-state index in [-0.39, 0.29) is 11.6 Å². The van der Waals surface area contributed by atoms with Gasteiger partial charge in [0.1, 0.15) is 13.1 Å². The van der Waals surface area contributed by atoms with Crippen LogP contribution >= 0.6 is 23.2 Å². The maximum absolute atomic E-state index is 11.6. The zero-order valence-corrected chi connectivity index (χ0v) is 9.94. The second kappa shape index (κ2) is 4.38. The standard InChI is InChI=1S/C9H7Cl2N3O3/c10-5-1-6(11)9-12-14(4-8(16)17)7(15)3-13(9)2-5/h1-2H,3-4H2,(H,16,17). The van der Waals surface area contributed by atoms with E-state index in [1.807, 2.05) is 0 Å². The molecule has 2 heterocycles. The average Bonchev–Trinajstić information content (AvgIpc) is 2.19. The van der Waals surface area contributed by atoms with Crippen LogP contribution in [0.4, 0.5) is 0 Å². The Kier molecular flexibility index (Phi) is 3.08. The largest absolute Gasteiger partial charge is 0.480 e. The number of aliphatic carboxylic acids is 1. The van der Waals surface area contributed by atoms with Crippen molar-refractivity contribution in [2.75, 3.05) is 13.1 Å². The third-order valence-corrected chi connectivity index (χ3v) is 2.61. The Bertz CT molecular complexity index is 484. The van der Waals surface area contributed by atoms with Crippen LogP contribution in [-0.4, -0.2) is 45.8 Å². The number of allylic oxidation sites excluding steroid dienone is 2. The molecule has 8 heteroatoms. The van der Waals surface area contributed by atoms with Crippen molar-refractivity contribution in [2.24, 2.45) is 5.10 Å². The van der Waals surface area contributed by atoms with Gasteiger partial charge in [-0.2, -0.15) is 0 Å². The maximum atomic E-state index is 11.6. The van der Waals surface area contributed by atoms with Gasteiger partial charge in [-0.05, 0) is 6.08 Å². The number of carbonyl (C=O) groups is 2. The molecular formula is C9H7Cl2N3O3. The van der Waals surface area contributed by atoms with Gasteiger partial charge in [-0.15, -0.1) is 5.10 Å². The summed E-state index contributed by atoms with van der Waals surface area (Å²) in [5.41, 5.74) is 0. The van der Waals surface area contributed by atoms with Gasteiger partial charge in [0.05, 0.1) is 10.1 Å². The lowest BCUT2D eigenvalue weighted by Crippen LogP contribution is -2.47. The van der Waals surface area contributed by atoms with Crippen molar-refractivity contribution in [1.29, 1.82) is 0 Å². The molecule has 0 spiro atoms. The number of carbonyl (C=O) groups excluding carboxylic acids is 1. The first-order valence-electron chi connectivity index (χ1n) is 4.59. The van der Waals surface area contributed by atoms with Gasteiger partial charge in [-0.1, -0.05) is 23.2 Å². The van der Waals surface area contributed by atoms with Crippen molar-refractivity contribution in [3.63, 3.8) is 0 Å². The zero-order valence-electron chi connectivity index (χ0n) is 8.43. The maximum Gasteiger partial charge on any atom is 0.325 e. The van der Waals surface area contributed by atoms with Crippen LogP contribution in [0.3, 0.4) is 0 Å². The molecule has 0 aromatic heterocycles. The number of carboxylic acid groups (broad SMARTS) is 1. The summed E-state index contributed by atoms with van der Waals surface area (Å²) in [6.45, 7) is -0.524. The molecule has 0 aromatic rings. The summed E-state index contributed by atoms with van der Waals surface area (Å²) < 4.78 is 0. The van der Waals surface area contributed by atoms with E-state index in [0.717, 1.165) is 5.01 Å². The van der Waals surface area contributed by atoms with Gasteiger partial charge in [0.25, 0.3) is 5.91 Å². The molecule has 17 heavy (non-hydrogen) atoms. The van der Waals surface area contributed by atoms with Crippen molar-refractivity contribution in [1.82, 2.24) is 9.91 Å². The minimum atomic E-state index is -1.14. The smallest absolute Gasteiger partial charge is 0.325 e. The predicted octanol–water partition coefficient (Wildman–Crippen LogP) is 0.745. The number of rotatable bonds is 2. The lowest BCUT2D eigenvalue weighted by molar-refractivity contribution is -0.145. The van der Waals surface area contributed by atoms with Crippen LogP contribution in [0.1, 0.15) is 0 Å². The van der Waals surface area contributed by atoms with E-state index < -0.39 is 18.4 Å². The summed E-state index contributed by atoms with van der Waals surface area (Å²) in [6, 6.07) is 0. The van der Waals surface area contributed by atoms with E-state index in [1.165, 1.54) is 17.2 Å². The van der Waals surface area contributed by atoms with Gasteiger partial charge in [-0.25, -0.2) is 5.01 Å². The first-order chi connectivity index (χ1) is 7.97. The number of halogens is 2. The van der Waals surface area contributed by atoms with Crippen molar-refractivity contribution in [3.8, 4) is 0 Å². The zero-order chi connectivity index (χ0) is 12.6. The van der Waals surface area contributed by atoms with E-state index in [1.54, 1.807) is 0 Å². The number of fused-ring (bicyclic) bond motifs is 1. The number of hydrazone groups is 1. The van der Waals surface area contributed by atoms with Crippen LogP contribution < -0.4 is 0 Å². The van der Waals surface area contributed by atoms with Crippen LogP contribution in [0.5, 0.6) is 0 Å². The molecule has 0 bridgehead atoms. The Morgan fingerprint density at radius 3 is 2.88 bits per heavy atom. The van der Waals surface area contributed by atoms with Gasteiger partial charge in [-0.3, -0.25) is 9.59 Å². The highest BCUT2D eigenvalue weighted by Crippen LogP contribution is 2.24. The topological polar surface area (TPSA) is 73.2 Å². The van der Waals surface area contributed by atoms with Gasteiger partial charge in [0.2, 0.25) is 0 Å². The summed E-state index contributed by atoms with van der Waals surface area (Å²) in [7, 11) is 0. The molecule has 0 saturated carbocycles. The number of hydrogen-bond acceptors (Lipinski definition) is 4. The summed E-state index contributed by atoms with van der Waals surface area (Å²) in [4.78, 5) is 23.6. The second-order valence-corrected chi connectivity index (χ2v) is 4.25. The normalized spacial score (nSPS) is 19.4. The van der Waals surface area contributed by atoms with Crippen molar-refractivity contribution < 1.29 is 14.7 Å². The molecule has 0 aliphatic carbocycles. The van der Waals surface area contributed by atoms with Crippen LogP contribution in [-0.2, 0) is 9.59 Å². The molecule has 0 unspecified atom stereocenters. The highest BCUT2D eigenvalue weighted by Gasteiger charge is 2.30. The summed E-state index contributed by atoms with van der Waals surface area (Å²) >= 11 is 11.7. The second-order valence-electron chi connectivity index (χ2n) is 3.40.